The molecule has 2 amide bonds. The number of carbonyl (C=O) groups is 2. The normalized spacial score (nSPS) is 21.8. The molecule has 0 radical (unpaired) electrons. The van der Waals surface area contributed by atoms with E-state index >= 15 is 0 Å². The van der Waals surface area contributed by atoms with E-state index < -0.39 is 0 Å². The molecule has 2 aromatic rings. The molecule has 0 N–H and O–H groups in total. The molecule has 2 atom stereocenters. The molecule has 0 spiro atoms. The Kier molecular flexibility index (Phi) is 2.62. The van der Waals surface area contributed by atoms with E-state index in [0.29, 0.717) is 17.7 Å². The van der Waals surface area contributed by atoms with E-state index in [9.17, 15) is 9.59 Å². The number of epoxide rings is 1. The van der Waals surface area contributed by atoms with Gasteiger partial charge in [-0.05, 0) is 17.5 Å². The van der Waals surface area contributed by atoms with Gasteiger partial charge in [0.05, 0.1) is 12.7 Å². The lowest BCUT2D eigenvalue weighted by Gasteiger charge is -2.28. The molecule has 4 nitrogen and oxygen atoms in total. The van der Waals surface area contributed by atoms with Crippen LogP contribution in [0.15, 0.2) is 36.4 Å². The van der Waals surface area contributed by atoms with Gasteiger partial charge in [-0.25, -0.2) is 0 Å². The van der Waals surface area contributed by atoms with Crippen LogP contribution in [0.4, 0.5) is 0 Å². The Bertz CT molecular complexity index is 713. The van der Waals surface area contributed by atoms with Gasteiger partial charge in [0.15, 0.2) is 0 Å². The van der Waals surface area contributed by atoms with Crippen LogP contribution in [-0.4, -0.2) is 36.0 Å². The maximum Gasteiger partial charge on any atom is 0.261 e. The molecule has 4 heteroatoms. The summed E-state index contributed by atoms with van der Waals surface area (Å²) in [5, 5.41) is 1.71. The summed E-state index contributed by atoms with van der Waals surface area (Å²) < 4.78 is 5.26. The predicted octanol–water partition coefficient (Wildman–Crippen LogP) is 2.47. The van der Waals surface area contributed by atoms with Crippen LogP contribution in [-0.2, 0) is 4.74 Å². The number of benzene rings is 2. The SMILES string of the molecule is CC(CN1C(=O)c2cccc3cccc(c23)C1=O)C1CO1. The van der Waals surface area contributed by atoms with Crippen molar-refractivity contribution in [2.24, 2.45) is 5.92 Å². The lowest BCUT2D eigenvalue weighted by atomic mass is 9.93. The van der Waals surface area contributed by atoms with E-state index in [1.165, 1.54) is 4.90 Å². The molecule has 0 aliphatic carbocycles. The van der Waals surface area contributed by atoms with Crippen LogP contribution >= 0.6 is 0 Å². The minimum absolute atomic E-state index is 0.169. The number of carbonyl (C=O) groups excluding carboxylic acids is 2. The number of nitrogens with zero attached hydrogens (tertiary/aromatic N) is 1. The van der Waals surface area contributed by atoms with Gasteiger partial charge in [0.1, 0.15) is 0 Å². The largest absolute Gasteiger partial charge is 0.373 e. The summed E-state index contributed by atoms with van der Waals surface area (Å²) in [5.74, 6) is -0.226. The fraction of sp³-hybridized carbons (Fsp3) is 0.294. The van der Waals surface area contributed by atoms with Crippen molar-refractivity contribution in [1.29, 1.82) is 0 Å². The van der Waals surface area contributed by atoms with Crippen LogP contribution in [0.3, 0.4) is 0 Å². The Morgan fingerprint density at radius 2 is 1.71 bits per heavy atom. The zero-order chi connectivity index (χ0) is 14.6. The molecule has 2 heterocycles. The Balaban J connectivity index is 1.81. The lowest BCUT2D eigenvalue weighted by Crippen LogP contribution is -2.43. The van der Waals surface area contributed by atoms with Gasteiger partial charge in [-0.15, -0.1) is 0 Å². The van der Waals surface area contributed by atoms with E-state index in [-0.39, 0.29) is 23.8 Å². The fourth-order valence-electron chi connectivity index (χ4n) is 3.04. The van der Waals surface area contributed by atoms with Crippen molar-refractivity contribution in [2.75, 3.05) is 13.2 Å². The fourth-order valence-corrected chi connectivity index (χ4v) is 3.04. The molecule has 2 aliphatic heterocycles. The lowest BCUT2D eigenvalue weighted by molar-refractivity contribution is 0.0581. The average Bonchev–Trinajstić information content (AvgIpc) is 3.33. The molecule has 2 aliphatic rings. The number of hydrogen-bond acceptors (Lipinski definition) is 3. The molecule has 0 saturated carbocycles. The smallest absolute Gasteiger partial charge is 0.261 e. The highest BCUT2D eigenvalue weighted by molar-refractivity contribution is 6.25. The van der Waals surface area contributed by atoms with Crippen molar-refractivity contribution in [3.63, 3.8) is 0 Å². The Morgan fingerprint density at radius 3 is 2.24 bits per heavy atom. The minimum atomic E-state index is -0.197. The zero-order valence-electron chi connectivity index (χ0n) is 11.7. The van der Waals surface area contributed by atoms with Crippen LogP contribution < -0.4 is 0 Å². The quantitative estimate of drug-likeness (QED) is 0.641. The number of hydrogen-bond donors (Lipinski definition) is 0. The van der Waals surface area contributed by atoms with Crippen LogP contribution in [0.1, 0.15) is 27.6 Å². The molecule has 1 fully saturated rings. The topological polar surface area (TPSA) is 49.9 Å². The van der Waals surface area contributed by atoms with Crippen LogP contribution in [0, 0.1) is 5.92 Å². The highest BCUT2D eigenvalue weighted by Gasteiger charge is 2.37. The van der Waals surface area contributed by atoms with Crippen molar-refractivity contribution in [3.8, 4) is 0 Å². The first-order chi connectivity index (χ1) is 10.2. The summed E-state index contributed by atoms with van der Waals surface area (Å²) in [7, 11) is 0. The van der Waals surface area contributed by atoms with E-state index in [0.717, 1.165) is 17.4 Å². The number of ether oxygens (including phenoxy) is 1. The highest BCUT2D eigenvalue weighted by Crippen LogP contribution is 2.31. The van der Waals surface area contributed by atoms with Gasteiger partial charge in [-0.1, -0.05) is 31.2 Å². The third-order valence-electron chi connectivity index (χ3n) is 4.32. The van der Waals surface area contributed by atoms with Crippen molar-refractivity contribution in [3.05, 3.63) is 47.5 Å². The van der Waals surface area contributed by atoms with Crippen molar-refractivity contribution in [2.45, 2.75) is 13.0 Å². The molecular weight excluding hydrogens is 266 g/mol. The molecule has 0 bridgehead atoms. The Morgan fingerprint density at radius 1 is 1.14 bits per heavy atom. The van der Waals surface area contributed by atoms with Crippen LogP contribution in [0.2, 0.25) is 0 Å². The molecular formula is C17H15NO3. The summed E-state index contributed by atoms with van der Waals surface area (Å²) in [6.07, 6.45) is 0.179. The first-order valence-corrected chi connectivity index (χ1v) is 7.16. The van der Waals surface area contributed by atoms with E-state index in [1.54, 1.807) is 12.1 Å². The summed E-state index contributed by atoms with van der Waals surface area (Å²) in [4.78, 5) is 26.7. The molecule has 0 aromatic heterocycles. The third-order valence-corrected chi connectivity index (χ3v) is 4.32. The first-order valence-electron chi connectivity index (χ1n) is 7.16. The van der Waals surface area contributed by atoms with Crippen molar-refractivity contribution in [1.82, 2.24) is 4.90 Å². The minimum Gasteiger partial charge on any atom is -0.373 e. The molecule has 2 unspecified atom stereocenters. The average molecular weight is 281 g/mol. The summed E-state index contributed by atoms with van der Waals surface area (Å²) >= 11 is 0. The number of imide groups is 1. The second kappa shape index (κ2) is 4.40. The molecule has 2 aromatic carbocycles. The zero-order valence-corrected chi connectivity index (χ0v) is 11.7. The van der Waals surface area contributed by atoms with Gasteiger partial charge in [0.2, 0.25) is 0 Å². The van der Waals surface area contributed by atoms with Crippen molar-refractivity contribution >= 4 is 22.6 Å². The second-order valence-electron chi connectivity index (χ2n) is 5.78. The molecule has 1 saturated heterocycles. The van der Waals surface area contributed by atoms with Gasteiger partial charge < -0.3 is 4.74 Å². The Labute approximate surface area is 122 Å². The maximum absolute atomic E-state index is 12.7. The summed E-state index contributed by atoms with van der Waals surface area (Å²) in [5.41, 5.74) is 1.23. The van der Waals surface area contributed by atoms with Gasteiger partial charge in [0, 0.05) is 29.0 Å². The third kappa shape index (κ3) is 1.87. The molecule has 21 heavy (non-hydrogen) atoms. The number of rotatable bonds is 3. The van der Waals surface area contributed by atoms with Gasteiger partial charge in [-0.2, -0.15) is 0 Å². The maximum atomic E-state index is 12.7. The van der Waals surface area contributed by atoms with Gasteiger partial charge in [-0.3, -0.25) is 14.5 Å². The van der Waals surface area contributed by atoms with Crippen molar-refractivity contribution < 1.29 is 14.3 Å². The Hall–Kier alpha value is -2.20. The molecule has 4 rings (SSSR count). The monoisotopic (exact) mass is 281 g/mol. The van der Waals surface area contributed by atoms with E-state index in [1.807, 2.05) is 31.2 Å². The summed E-state index contributed by atoms with van der Waals surface area (Å²) in [6, 6.07) is 11.2. The standard InChI is InChI=1S/C17H15NO3/c1-10(14-9-21-14)8-18-16(19)12-6-2-4-11-5-3-7-13(15(11)12)17(18)20/h2-7,10,14H,8-9H2,1H3. The van der Waals surface area contributed by atoms with Gasteiger partial charge >= 0.3 is 0 Å². The number of amides is 2. The molecule has 106 valence electrons. The first kappa shape index (κ1) is 12.5. The predicted molar refractivity (Wildman–Crippen MR) is 78.2 cm³/mol. The second-order valence-corrected chi connectivity index (χ2v) is 5.78. The van der Waals surface area contributed by atoms with E-state index in [2.05, 4.69) is 0 Å². The summed E-state index contributed by atoms with van der Waals surface area (Å²) in [6.45, 7) is 3.15. The van der Waals surface area contributed by atoms with Crippen LogP contribution in [0.5, 0.6) is 0 Å². The highest BCUT2D eigenvalue weighted by atomic mass is 16.6. The van der Waals surface area contributed by atoms with Crippen LogP contribution in [0.25, 0.3) is 10.8 Å². The van der Waals surface area contributed by atoms with E-state index in [4.69, 9.17) is 4.74 Å². The van der Waals surface area contributed by atoms with Gasteiger partial charge in [0.25, 0.3) is 11.8 Å².